The molecule has 0 bridgehead atoms. The fraction of sp³-hybridized carbons (Fsp3) is 0.333. The Balaban J connectivity index is 1.66. The number of halogens is 2. The summed E-state index contributed by atoms with van der Waals surface area (Å²) in [6.07, 6.45) is 2.49. The molecule has 28 heavy (non-hydrogen) atoms. The van der Waals surface area contributed by atoms with Crippen LogP contribution in [0.4, 0.5) is 5.69 Å². The van der Waals surface area contributed by atoms with E-state index in [2.05, 4.69) is 10.6 Å². The molecule has 5 nitrogen and oxygen atoms in total. The number of amides is 2. The van der Waals surface area contributed by atoms with Gasteiger partial charge in [0.05, 0.1) is 0 Å². The second-order valence-electron chi connectivity index (χ2n) is 6.78. The molecule has 0 spiro atoms. The topological polar surface area (TPSA) is 61.4 Å². The van der Waals surface area contributed by atoms with Gasteiger partial charge in [-0.05, 0) is 36.6 Å². The van der Waals surface area contributed by atoms with E-state index in [-0.39, 0.29) is 11.8 Å². The highest BCUT2D eigenvalue weighted by Crippen LogP contribution is 2.24. The summed E-state index contributed by atoms with van der Waals surface area (Å²) in [6.45, 7) is 2.08. The number of carbonyl (C=O) groups is 2. The lowest BCUT2D eigenvalue weighted by atomic mass is 10.1. The number of likely N-dealkylation sites (tertiary alicyclic amines) is 1. The van der Waals surface area contributed by atoms with Crippen LogP contribution in [0.3, 0.4) is 0 Å². The molecule has 1 heterocycles. The van der Waals surface area contributed by atoms with Gasteiger partial charge in [0.15, 0.2) is 0 Å². The molecule has 1 saturated heterocycles. The maximum Gasteiger partial charge on any atom is 0.246 e. The largest absolute Gasteiger partial charge is 0.343 e. The Hall–Kier alpha value is -2.08. The normalized spacial score (nSPS) is 14.7. The molecule has 2 N–H and O–H groups in total. The third-order valence-corrected chi connectivity index (χ3v) is 5.11. The van der Waals surface area contributed by atoms with E-state index in [0.29, 0.717) is 28.7 Å². The maximum absolute atomic E-state index is 12.9. The van der Waals surface area contributed by atoms with Crippen molar-refractivity contribution in [2.75, 3.05) is 25.0 Å². The molecule has 0 unspecified atom stereocenters. The van der Waals surface area contributed by atoms with Crippen LogP contribution in [0.1, 0.15) is 30.9 Å². The summed E-state index contributed by atoms with van der Waals surface area (Å²) >= 11 is 12.0. The Morgan fingerprint density at radius 1 is 1.00 bits per heavy atom. The van der Waals surface area contributed by atoms with Crippen molar-refractivity contribution in [1.82, 2.24) is 10.2 Å². The van der Waals surface area contributed by atoms with Gasteiger partial charge in [0.2, 0.25) is 11.8 Å². The van der Waals surface area contributed by atoms with Crippen molar-refractivity contribution in [2.45, 2.75) is 25.3 Å². The van der Waals surface area contributed by atoms with Gasteiger partial charge in [-0.25, -0.2) is 0 Å². The molecule has 1 aliphatic rings. The third kappa shape index (κ3) is 5.71. The van der Waals surface area contributed by atoms with E-state index in [1.54, 1.807) is 18.2 Å². The van der Waals surface area contributed by atoms with Gasteiger partial charge in [-0.3, -0.25) is 9.59 Å². The smallest absolute Gasteiger partial charge is 0.246 e. The molecule has 2 aromatic rings. The van der Waals surface area contributed by atoms with E-state index in [1.807, 2.05) is 35.2 Å². The number of carbonyl (C=O) groups excluding carboxylic acids is 2. The molecule has 1 aliphatic heterocycles. The lowest BCUT2D eigenvalue weighted by Gasteiger charge is -2.20. The van der Waals surface area contributed by atoms with Gasteiger partial charge in [0.25, 0.3) is 0 Å². The van der Waals surface area contributed by atoms with Crippen molar-refractivity contribution in [3.63, 3.8) is 0 Å². The Bertz CT molecular complexity index is 803. The van der Waals surface area contributed by atoms with Gasteiger partial charge in [-0.1, -0.05) is 53.5 Å². The highest BCUT2D eigenvalue weighted by atomic mass is 35.5. The van der Waals surface area contributed by atoms with Crippen molar-refractivity contribution < 1.29 is 9.59 Å². The lowest BCUT2D eigenvalue weighted by Crippen LogP contribution is -2.36. The van der Waals surface area contributed by atoms with Gasteiger partial charge >= 0.3 is 0 Å². The Morgan fingerprint density at radius 2 is 1.64 bits per heavy atom. The number of nitrogens with one attached hydrogen (secondary N) is 2. The van der Waals surface area contributed by atoms with Crippen LogP contribution in [0.15, 0.2) is 48.5 Å². The second-order valence-corrected chi connectivity index (χ2v) is 7.66. The average molecular weight is 420 g/mol. The van der Waals surface area contributed by atoms with Gasteiger partial charge in [-0.15, -0.1) is 0 Å². The zero-order chi connectivity index (χ0) is 19.9. The summed E-state index contributed by atoms with van der Waals surface area (Å²) in [5.41, 5.74) is 1.35. The highest BCUT2D eigenvalue weighted by Gasteiger charge is 2.22. The molecule has 3 rings (SSSR count). The number of hydrogen-bond donors (Lipinski definition) is 2. The summed E-state index contributed by atoms with van der Waals surface area (Å²) in [7, 11) is 0. The minimum atomic E-state index is -0.592. The molecular formula is C21H23Cl2N3O2. The van der Waals surface area contributed by atoms with Crippen LogP contribution in [0, 0.1) is 0 Å². The van der Waals surface area contributed by atoms with Crippen LogP contribution in [0.25, 0.3) is 0 Å². The number of benzene rings is 2. The standard InChI is InChI=1S/C21H23Cl2N3O2/c22-16-12-17(23)14-18(13-16)25-21(28)20(15-6-2-1-3-7-15)24-9-8-19(27)26-10-4-5-11-26/h1-3,6-7,12-14,20,24H,4-5,8-11H2,(H,25,28)/t20-/m1/s1. The average Bonchev–Trinajstić information content (AvgIpc) is 3.19. The number of anilines is 1. The second kappa shape index (κ2) is 9.92. The Kier molecular flexibility index (Phi) is 7.31. The third-order valence-electron chi connectivity index (χ3n) is 4.67. The minimum Gasteiger partial charge on any atom is -0.343 e. The van der Waals surface area contributed by atoms with Crippen LogP contribution in [-0.4, -0.2) is 36.3 Å². The summed E-state index contributed by atoms with van der Waals surface area (Å²) in [6, 6.07) is 13.7. The van der Waals surface area contributed by atoms with E-state index in [9.17, 15) is 9.59 Å². The van der Waals surface area contributed by atoms with E-state index >= 15 is 0 Å². The summed E-state index contributed by atoms with van der Waals surface area (Å²) in [4.78, 5) is 27.0. The van der Waals surface area contributed by atoms with Crippen LogP contribution < -0.4 is 10.6 Å². The Morgan fingerprint density at radius 3 is 2.29 bits per heavy atom. The first kappa shape index (κ1) is 20.6. The minimum absolute atomic E-state index is 0.124. The predicted octanol–water partition coefficient (Wildman–Crippen LogP) is 4.28. The Labute approximate surface area is 175 Å². The van der Waals surface area contributed by atoms with Gasteiger partial charge in [0, 0.05) is 41.8 Å². The summed E-state index contributed by atoms with van der Waals surface area (Å²) < 4.78 is 0. The fourth-order valence-corrected chi connectivity index (χ4v) is 3.82. The summed E-state index contributed by atoms with van der Waals surface area (Å²) in [5.74, 6) is -0.114. The van der Waals surface area contributed by atoms with Crippen molar-refractivity contribution in [3.8, 4) is 0 Å². The molecule has 0 aromatic heterocycles. The predicted molar refractivity (Wildman–Crippen MR) is 113 cm³/mol. The zero-order valence-corrected chi connectivity index (χ0v) is 17.0. The van der Waals surface area contributed by atoms with E-state index in [0.717, 1.165) is 31.5 Å². The van der Waals surface area contributed by atoms with Crippen molar-refractivity contribution >= 4 is 40.7 Å². The van der Waals surface area contributed by atoms with Gasteiger partial charge in [0.1, 0.15) is 6.04 Å². The first-order valence-electron chi connectivity index (χ1n) is 9.36. The molecule has 2 amide bonds. The molecule has 2 aromatic carbocycles. The number of nitrogens with zero attached hydrogens (tertiary/aromatic N) is 1. The lowest BCUT2D eigenvalue weighted by molar-refractivity contribution is -0.130. The number of rotatable bonds is 7. The zero-order valence-electron chi connectivity index (χ0n) is 15.5. The molecular weight excluding hydrogens is 397 g/mol. The van der Waals surface area contributed by atoms with E-state index in [1.165, 1.54) is 0 Å². The van der Waals surface area contributed by atoms with E-state index in [4.69, 9.17) is 23.2 Å². The van der Waals surface area contributed by atoms with Gasteiger partial charge < -0.3 is 15.5 Å². The van der Waals surface area contributed by atoms with Gasteiger partial charge in [-0.2, -0.15) is 0 Å². The van der Waals surface area contributed by atoms with Crippen LogP contribution in [0.5, 0.6) is 0 Å². The first-order valence-corrected chi connectivity index (χ1v) is 10.1. The fourth-order valence-electron chi connectivity index (χ4n) is 3.30. The summed E-state index contributed by atoms with van der Waals surface area (Å²) in [5, 5.41) is 6.96. The molecule has 1 atom stereocenters. The molecule has 0 radical (unpaired) electrons. The number of hydrogen-bond acceptors (Lipinski definition) is 3. The van der Waals surface area contributed by atoms with Crippen molar-refractivity contribution in [3.05, 3.63) is 64.1 Å². The van der Waals surface area contributed by atoms with Crippen molar-refractivity contribution in [1.29, 1.82) is 0 Å². The first-order chi connectivity index (χ1) is 13.5. The van der Waals surface area contributed by atoms with Crippen LogP contribution >= 0.6 is 23.2 Å². The maximum atomic E-state index is 12.9. The van der Waals surface area contributed by atoms with Crippen LogP contribution in [-0.2, 0) is 9.59 Å². The van der Waals surface area contributed by atoms with Crippen LogP contribution in [0.2, 0.25) is 10.0 Å². The monoisotopic (exact) mass is 419 g/mol. The molecule has 0 saturated carbocycles. The quantitative estimate of drug-likeness (QED) is 0.703. The highest BCUT2D eigenvalue weighted by molar-refractivity contribution is 6.35. The molecule has 1 fully saturated rings. The van der Waals surface area contributed by atoms with E-state index < -0.39 is 6.04 Å². The van der Waals surface area contributed by atoms with Crippen molar-refractivity contribution in [2.24, 2.45) is 0 Å². The molecule has 0 aliphatic carbocycles. The SMILES string of the molecule is O=C(Nc1cc(Cl)cc(Cl)c1)[C@H](NCCC(=O)N1CCCC1)c1ccccc1. The molecule has 7 heteroatoms. The molecule has 148 valence electrons.